The Labute approximate surface area is 121 Å². The fourth-order valence-electron chi connectivity index (χ4n) is 1.65. The molecular formula is C12H10BrFN2O2S. The second-order valence-electron chi connectivity index (χ2n) is 3.92. The van der Waals surface area contributed by atoms with Crippen molar-refractivity contribution in [3.63, 3.8) is 0 Å². The summed E-state index contributed by atoms with van der Waals surface area (Å²) in [6.45, 7) is 1.90. The normalized spacial score (nSPS) is 12.2. The number of nitro groups is 1. The lowest BCUT2D eigenvalue weighted by Gasteiger charge is -2.14. The van der Waals surface area contributed by atoms with Gasteiger partial charge < -0.3 is 5.32 Å². The van der Waals surface area contributed by atoms with E-state index in [1.807, 2.05) is 24.4 Å². The fraction of sp³-hybridized carbons (Fsp3) is 0.167. The molecule has 0 spiro atoms. The Morgan fingerprint density at radius 2 is 2.26 bits per heavy atom. The van der Waals surface area contributed by atoms with Crippen molar-refractivity contribution in [1.29, 1.82) is 0 Å². The van der Waals surface area contributed by atoms with Crippen LogP contribution in [0.4, 0.5) is 15.8 Å². The van der Waals surface area contributed by atoms with Crippen LogP contribution < -0.4 is 5.32 Å². The highest BCUT2D eigenvalue weighted by Gasteiger charge is 2.19. The molecule has 1 N–H and O–H groups in total. The minimum Gasteiger partial charge on any atom is -0.372 e. The van der Waals surface area contributed by atoms with Gasteiger partial charge in [0.2, 0.25) is 0 Å². The van der Waals surface area contributed by atoms with Crippen molar-refractivity contribution in [3.8, 4) is 0 Å². The molecule has 2 rings (SSSR count). The maximum atomic E-state index is 13.4. The number of hydrogen-bond donors (Lipinski definition) is 1. The largest absolute Gasteiger partial charge is 0.372 e. The van der Waals surface area contributed by atoms with Crippen LogP contribution in [0.25, 0.3) is 0 Å². The van der Waals surface area contributed by atoms with Crippen molar-refractivity contribution < 1.29 is 9.31 Å². The number of nitro benzene ring substituents is 1. The van der Waals surface area contributed by atoms with Crippen LogP contribution in [0.5, 0.6) is 0 Å². The Morgan fingerprint density at radius 1 is 1.53 bits per heavy atom. The molecule has 0 aliphatic rings. The number of nitrogens with one attached hydrogen (secondary N) is 1. The summed E-state index contributed by atoms with van der Waals surface area (Å²) in [6, 6.07) is 6.06. The van der Waals surface area contributed by atoms with Crippen molar-refractivity contribution in [1.82, 2.24) is 0 Å². The van der Waals surface area contributed by atoms with Crippen LogP contribution in [0.2, 0.25) is 0 Å². The van der Waals surface area contributed by atoms with Gasteiger partial charge in [0, 0.05) is 4.88 Å². The number of thiophene rings is 1. The number of rotatable bonds is 4. The predicted octanol–water partition coefficient (Wildman–Crippen LogP) is 4.73. The molecule has 0 amide bonds. The van der Waals surface area contributed by atoms with Crippen LogP contribution in [-0.4, -0.2) is 4.92 Å². The lowest BCUT2D eigenvalue weighted by atomic mass is 10.2. The van der Waals surface area contributed by atoms with E-state index < -0.39 is 10.7 Å². The van der Waals surface area contributed by atoms with Crippen LogP contribution in [0.15, 0.2) is 34.1 Å². The second kappa shape index (κ2) is 5.66. The SMILES string of the molecule is CC(Nc1cc(Br)c(F)cc1[N+](=O)[O-])c1cccs1. The van der Waals surface area contributed by atoms with Crippen molar-refractivity contribution >= 4 is 38.6 Å². The van der Waals surface area contributed by atoms with Gasteiger partial charge in [0.05, 0.1) is 21.5 Å². The first-order valence-corrected chi connectivity index (χ1v) is 7.09. The minimum absolute atomic E-state index is 0.0870. The molecule has 0 aliphatic carbocycles. The average Bonchev–Trinajstić information content (AvgIpc) is 2.86. The summed E-state index contributed by atoms with van der Waals surface area (Å²) in [4.78, 5) is 11.4. The summed E-state index contributed by atoms with van der Waals surface area (Å²) < 4.78 is 13.5. The molecule has 1 unspecified atom stereocenters. The van der Waals surface area contributed by atoms with Gasteiger partial charge in [0.15, 0.2) is 0 Å². The highest BCUT2D eigenvalue weighted by atomic mass is 79.9. The topological polar surface area (TPSA) is 55.2 Å². The molecule has 100 valence electrons. The number of benzene rings is 1. The van der Waals surface area contributed by atoms with Crippen LogP contribution in [-0.2, 0) is 0 Å². The van der Waals surface area contributed by atoms with E-state index in [1.165, 1.54) is 6.07 Å². The zero-order valence-electron chi connectivity index (χ0n) is 9.89. The highest BCUT2D eigenvalue weighted by Crippen LogP contribution is 2.33. The first-order chi connectivity index (χ1) is 8.99. The summed E-state index contributed by atoms with van der Waals surface area (Å²) in [6.07, 6.45) is 0. The summed E-state index contributed by atoms with van der Waals surface area (Å²) in [5, 5.41) is 15.9. The standard InChI is InChI=1S/C12H10BrFN2O2S/c1-7(12-3-2-4-19-12)15-10-5-8(13)9(14)6-11(10)16(17)18/h2-7,15H,1H3. The third kappa shape index (κ3) is 3.10. The molecule has 0 aliphatic heterocycles. The van der Waals surface area contributed by atoms with Crippen molar-refractivity contribution in [2.75, 3.05) is 5.32 Å². The highest BCUT2D eigenvalue weighted by molar-refractivity contribution is 9.10. The molecule has 1 atom stereocenters. The zero-order chi connectivity index (χ0) is 14.0. The molecule has 19 heavy (non-hydrogen) atoms. The molecule has 7 heteroatoms. The third-order valence-corrected chi connectivity index (χ3v) is 4.24. The molecule has 2 aromatic rings. The van der Waals surface area contributed by atoms with Crippen LogP contribution in [0.1, 0.15) is 17.8 Å². The van der Waals surface area contributed by atoms with Gasteiger partial charge in [-0.1, -0.05) is 6.07 Å². The van der Waals surface area contributed by atoms with Gasteiger partial charge >= 0.3 is 0 Å². The second-order valence-corrected chi connectivity index (χ2v) is 5.76. The smallest absolute Gasteiger partial charge is 0.295 e. The monoisotopic (exact) mass is 344 g/mol. The Balaban J connectivity index is 2.33. The molecule has 4 nitrogen and oxygen atoms in total. The molecule has 0 saturated heterocycles. The molecule has 1 aromatic carbocycles. The van der Waals surface area contributed by atoms with E-state index in [1.54, 1.807) is 11.3 Å². The summed E-state index contributed by atoms with van der Waals surface area (Å²) in [5.41, 5.74) is 0.0169. The van der Waals surface area contributed by atoms with E-state index in [0.717, 1.165) is 10.9 Å². The zero-order valence-corrected chi connectivity index (χ0v) is 12.3. The van der Waals surface area contributed by atoms with Gasteiger partial charge in [-0.15, -0.1) is 11.3 Å². The van der Waals surface area contributed by atoms with E-state index in [-0.39, 0.29) is 16.2 Å². The molecular weight excluding hydrogens is 335 g/mol. The Morgan fingerprint density at radius 3 is 2.84 bits per heavy atom. The molecule has 1 heterocycles. The Bertz CT molecular complexity index is 604. The van der Waals surface area contributed by atoms with Crippen molar-refractivity contribution in [3.05, 3.63) is 54.9 Å². The Hall–Kier alpha value is -1.47. The van der Waals surface area contributed by atoms with E-state index in [0.29, 0.717) is 5.69 Å². The molecule has 1 aromatic heterocycles. The van der Waals surface area contributed by atoms with Crippen LogP contribution in [0, 0.1) is 15.9 Å². The molecule has 0 fully saturated rings. The van der Waals surface area contributed by atoms with Crippen molar-refractivity contribution in [2.45, 2.75) is 13.0 Å². The minimum atomic E-state index is -0.652. The molecule has 0 bridgehead atoms. The molecule has 0 radical (unpaired) electrons. The summed E-state index contributed by atoms with van der Waals surface area (Å²) >= 11 is 4.59. The maximum absolute atomic E-state index is 13.4. The fourth-order valence-corrected chi connectivity index (χ4v) is 2.72. The van der Waals surface area contributed by atoms with E-state index in [4.69, 9.17) is 0 Å². The lowest BCUT2D eigenvalue weighted by Crippen LogP contribution is -2.07. The number of nitrogens with zero attached hydrogens (tertiary/aromatic N) is 1. The predicted molar refractivity (Wildman–Crippen MR) is 77.1 cm³/mol. The third-order valence-electron chi connectivity index (χ3n) is 2.58. The van der Waals surface area contributed by atoms with Crippen molar-refractivity contribution in [2.24, 2.45) is 0 Å². The molecule has 0 saturated carbocycles. The summed E-state index contributed by atoms with van der Waals surface area (Å²) in [5.74, 6) is -0.652. The number of anilines is 1. The van der Waals surface area contributed by atoms with Gasteiger partial charge in [-0.05, 0) is 40.4 Å². The first kappa shape index (κ1) is 14.0. The van der Waals surface area contributed by atoms with Crippen LogP contribution >= 0.6 is 27.3 Å². The summed E-state index contributed by atoms with van der Waals surface area (Å²) in [7, 11) is 0. The first-order valence-electron chi connectivity index (χ1n) is 5.42. The number of halogens is 2. The van der Waals surface area contributed by atoms with Gasteiger partial charge in [0.1, 0.15) is 11.5 Å². The maximum Gasteiger partial charge on any atom is 0.295 e. The number of hydrogen-bond acceptors (Lipinski definition) is 4. The Kier molecular flexibility index (Phi) is 4.16. The van der Waals surface area contributed by atoms with E-state index in [2.05, 4.69) is 21.2 Å². The van der Waals surface area contributed by atoms with E-state index in [9.17, 15) is 14.5 Å². The van der Waals surface area contributed by atoms with Crippen LogP contribution in [0.3, 0.4) is 0 Å². The van der Waals surface area contributed by atoms with Gasteiger partial charge in [-0.25, -0.2) is 4.39 Å². The quantitative estimate of drug-likeness (QED) is 0.644. The van der Waals surface area contributed by atoms with Gasteiger partial charge in [-0.3, -0.25) is 10.1 Å². The van der Waals surface area contributed by atoms with Gasteiger partial charge in [-0.2, -0.15) is 0 Å². The average molecular weight is 345 g/mol. The van der Waals surface area contributed by atoms with E-state index >= 15 is 0 Å². The lowest BCUT2D eigenvalue weighted by molar-refractivity contribution is -0.384. The van der Waals surface area contributed by atoms with Gasteiger partial charge in [0.25, 0.3) is 5.69 Å².